The Hall–Kier alpha value is -1.81. The van der Waals surface area contributed by atoms with Gasteiger partial charge in [0.1, 0.15) is 0 Å². The van der Waals surface area contributed by atoms with Crippen molar-refractivity contribution in [1.29, 1.82) is 0 Å². The molecule has 0 bridgehead atoms. The van der Waals surface area contributed by atoms with E-state index < -0.39 is 0 Å². The molecule has 1 fully saturated rings. The molecular formula is C17H24N4. The zero-order valence-electron chi connectivity index (χ0n) is 12.5. The van der Waals surface area contributed by atoms with Crippen molar-refractivity contribution < 1.29 is 0 Å². The van der Waals surface area contributed by atoms with E-state index >= 15 is 0 Å². The van der Waals surface area contributed by atoms with Gasteiger partial charge in [-0.15, -0.1) is 6.58 Å². The standard InChI is InChI=1S/C17H24N4/c1-2-10-21-16(18)19-14-17(21)8-11-20(12-9-17)13-15-6-4-3-5-7-15/h2-7H,1,8-14H2,(H2,18,19). The molecule has 0 radical (unpaired) electrons. The van der Waals surface area contributed by atoms with E-state index in [1.807, 2.05) is 6.08 Å². The maximum atomic E-state index is 6.04. The Balaban J connectivity index is 1.61. The Morgan fingerprint density at radius 3 is 2.62 bits per heavy atom. The van der Waals surface area contributed by atoms with Crippen LogP contribution in [0.25, 0.3) is 0 Å². The third-order valence-corrected chi connectivity index (χ3v) is 4.73. The molecule has 2 N–H and O–H groups in total. The quantitative estimate of drug-likeness (QED) is 0.858. The molecule has 21 heavy (non-hydrogen) atoms. The number of likely N-dealkylation sites (tertiary alicyclic amines) is 1. The van der Waals surface area contributed by atoms with Crippen molar-refractivity contribution in [2.24, 2.45) is 10.7 Å². The van der Waals surface area contributed by atoms with E-state index in [1.54, 1.807) is 0 Å². The highest BCUT2D eigenvalue weighted by Crippen LogP contribution is 2.33. The van der Waals surface area contributed by atoms with Crippen LogP contribution in [0.2, 0.25) is 0 Å². The Morgan fingerprint density at radius 1 is 1.24 bits per heavy atom. The number of rotatable bonds is 4. The van der Waals surface area contributed by atoms with Crippen molar-refractivity contribution in [1.82, 2.24) is 9.80 Å². The fraction of sp³-hybridized carbons (Fsp3) is 0.471. The maximum Gasteiger partial charge on any atom is 0.192 e. The van der Waals surface area contributed by atoms with Crippen LogP contribution in [0, 0.1) is 0 Å². The van der Waals surface area contributed by atoms with E-state index in [2.05, 4.69) is 51.7 Å². The average Bonchev–Trinajstić information content (AvgIpc) is 2.81. The second kappa shape index (κ2) is 5.90. The van der Waals surface area contributed by atoms with Crippen molar-refractivity contribution in [2.45, 2.75) is 24.9 Å². The molecule has 1 aromatic carbocycles. The van der Waals surface area contributed by atoms with Gasteiger partial charge in [-0.25, -0.2) is 0 Å². The molecule has 0 unspecified atom stereocenters. The van der Waals surface area contributed by atoms with Gasteiger partial charge in [0.05, 0.1) is 12.1 Å². The highest BCUT2D eigenvalue weighted by atomic mass is 15.4. The lowest BCUT2D eigenvalue weighted by Gasteiger charge is -2.45. The summed E-state index contributed by atoms with van der Waals surface area (Å²) in [5.41, 5.74) is 7.56. The Bertz CT molecular complexity index is 515. The van der Waals surface area contributed by atoms with Crippen LogP contribution in [-0.4, -0.2) is 47.5 Å². The number of benzene rings is 1. The monoisotopic (exact) mass is 284 g/mol. The largest absolute Gasteiger partial charge is 0.370 e. The summed E-state index contributed by atoms with van der Waals surface area (Å²) in [5, 5.41) is 0. The van der Waals surface area contributed by atoms with Crippen molar-refractivity contribution in [3.8, 4) is 0 Å². The predicted molar refractivity (Wildman–Crippen MR) is 87.1 cm³/mol. The average molecular weight is 284 g/mol. The van der Waals surface area contributed by atoms with Gasteiger partial charge in [-0.3, -0.25) is 9.89 Å². The van der Waals surface area contributed by atoms with Gasteiger partial charge >= 0.3 is 0 Å². The van der Waals surface area contributed by atoms with Crippen LogP contribution in [0.15, 0.2) is 48.0 Å². The second-order valence-corrected chi connectivity index (χ2v) is 6.06. The maximum absolute atomic E-state index is 6.04. The lowest BCUT2D eigenvalue weighted by atomic mass is 9.86. The molecule has 112 valence electrons. The molecule has 2 aliphatic rings. The molecule has 2 aliphatic heterocycles. The number of hydrogen-bond acceptors (Lipinski definition) is 4. The summed E-state index contributed by atoms with van der Waals surface area (Å²) in [5.74, 6) is 0.686. The van der Waals surface area contributed by atoms with Gasteiger partial charge < -0.3 is 10.6 Å². The second-order valence-electron chi connectivity index (χ2n) is 6.06. The molecule has 0 saturated carbocycles. The third kappa shape index (κ3) is 2.81. The fourth-order valence-corrected chi connectivity index (χ4v) is 3.46. The van der Waals surface area contributed by atoms with Gasteiger partial charge in [-0.05, 0) is 18.4 Å². The molecular weight excluding hydrogens is 260 g/mol. The lowest BCUT2D eigenvalue weighted by Crippen LogP contribution is -2.57. The smallest absolute Gasteiger partial charge is 0.192 e. The first kappa shape index (κ1) is 14.1. The molecule has 4 heteroatoms. The van der Waals surface area contributed by atoms with Gasteiger partial charge in [0, 0.05) is 26.2 Å². The van der Waals surface area contributed by atoms with Crippen molar-refractivity contribution in [3.05, 3.63) is 48.6 Å². The summed E-state index contributed by atoms with van der Waals surface area (Å²) in [6.07, 6.45) is 4.17. The zero-order valence-corrected chi connectivity index (χ0v) is 12.5. The van der Waals surface area contributed by atoms with E-state index in [4.69, 9.17) is 5.73 Å². The number of guanidine groups is 1. The van der Waals surface area contributed by atoms with Gasteiger partial charge in [-0.1, -0.05) is 36.4 Å². The molecule has 1 spiro atoms. The fourth-order valence-electron chi connectivity index (χ4n) is 3.46. The molecule has 4 nitrogen and oxygen atoms in total. The van der Waals surface area contributed by atoms with Gasteiger partial charge in [0.25, 0.3) is 0 Å². The molecule has 1 saturated heterocycles. The normalized spacial score (nSPS) is 21.5. The minimum Gasteiger partial charge on any atom is -0.370 e. The number of nitrogens with zero attached hydrogens (tertiary/aromatic N) is 3. The van der Waals surface area contributed by atoms with E-state index in [0.717, 1.165) is 45.6 Å². The first-order valence-corrected chi connectivity index (χ1v) is 7.68. The van der Waals surface area contributed by atoms with Crippen LogP contribution in [0.1, 0.15) is 18.4 Å². The van der Waals surface area contributed by atoms with Gasteiger partial charge in [0.2, 0.25) is 0 Å². The summed E-state index contributed by atoms with van der Waals surface area (Å²) < 4.78 is 0. The Morgan fingerprint density at radius 2 is 1.95 bits per heavy atom. The summed E-state index contributed by atoms with van der Waals surface area (Å²) in [7, 11) is 0. The molecule has 0 amide bonds. The molecule has 3 rings (SSSR count). The van der Waals surface area contributed by atoms with E-state index in [1.165, 1.54) is 5.56 Å². The van der Waals surface area contributed by atoms with Crippen molar-refractivity contribution in [2.75, 3.05) is 26.2 Å². The van der Waals surface area contributed by atoms with Gasteiger partial charge in [-0.2, -0.15) is 0 Å². The highest BCUT2D eigenvalue weighted by molar-refractivity contribution is 5.81. The predicted octanol–water partition coefficient (Wildman–Crippen LogP) is 1.84. The van der Waals surface area contributed by atoms with Crippen molar-refractivity contribution >= 4 is 5.96 Å². The SMILES string of the molecule is C=CCN1C(N)=NCC12CCN(Cc1ccccc1)CC2. The number of nitrogens with two attached hydrogens (primary N) is 1. The van der Waals surface area contributed by atoms with E-state index in [-0.39, 0.29) is 5.54 Å². The topological polar surface area (TPSA) is 44.9 Å². The number of aliphatic imine (C=N–C) groups is 1. The van der Waals surface area contributed by atoms with Gasteiger partial charge in [0.15, 0.2) is 5.96 Å². The molecule has 2 heterocycles. The van der Waals surface area contributed by atoms with Crippen LogP contribution >= 0.6 is 0 Å². The third-order valence-electron chi connectivity index (χ3n) is 4.73. The molecule has 0 atom stereocenters. The van der Waals surface area contributed by atoms with Crippen LogP contribution in [0.5, 0.6) is 0 Å². The first-order chi connectivity index (χ1) is 10.2. The molecule has 1 aromatic rings. The summed E-state index contributed by atoms with van der Waals surface area (Å²) in [6.45, 7) is 8.72. The summed E-state index contributed by atoms with van der Waals surface area (Å²) >= 11 is 0. The molecule has 0 aliphatic carbocycles. The number of piperidine rings is 1. The molecule has 0 aromatic heterocycles. The van der Waals surface area contributed by atoms with Crippen LogP contribution in [0.4, 0.5) is 0 Å². The van der Waals surface area contributed by atoms with E-state index in [9.17, 15) is 0 Å². The highest BCUT2D eigenvalue weighted by Gasteiger charge is 2.43. The Kier molecular flexibility index (Phi) is 3.97. The van der Waals surface area contributed by atoms with Crippen LogP contribution in [-0.2, 0) is 6.54 Å². The van der Waals surface area contributed by atoms with Crippen LogP contribution < -0.4 is 5.73 Å². The van der Waals surface area contributed by atoms with E-state index in [0.29, 0.717) is 5.96 Å². The Labute approximate surface area is 126 Å². The minimum atomic E-state index is 0.130. The summed E-state index contributed by atoms with van der Waals surface area (Å²) in [4.78, 5) is 9.26. The lowest BCUT2D eigenvalue weighted by molar-refractivity contribution is 0.0880. The zero-order chi connectivity index (χ0) is 14.7. The van der Waals surface area contributed by atoms with Crippen molar-refractivity contribution in [3.63, 3.8) is 0 Å². The minimum absolute atomic E-state index is 0.130. The first-order valence-electron chi connectivity index (χ1n) is 7.68. The number of hydrogen-bond donors (Lipinski definition) is 1. The van der Waals surface area contributed by atoms with Crippen LogP contribution in [0.3, 0.4) is 0 Å². The summed E-state index contributed by atoms with van der Waals surface area (Å²) in [6, 6.07) is 10.7.